The molecule has 0 radical (unpaired) electrons. The Bertz CT molecular complexity index is 251. The number of likely N-dealkylation sites (N-methyl/N-ethyl adjacent to an activating group) is 1. The predicted octanol–water partition coefficient (Wildman–Crippen LogP) is 1.50. The molecule has 1 saturated carbocycles. The van der Waals surface area contributed by atoms with E-state index in [1.54, 1.807) is 0 Å². The van der Waals surface area contributed by atoms with E-state index in [0.29, 0.717) is 5.41 Å². The van der Waals surface area contributed by atoms with Gasteiger partial charge in [-0.15, -0.1) is 0 Å². The topological polar surface area (TPSA) is 33.7 Å². The molecule has 0 spiro atoms. The molecule has 0 bridgehead atoms. The molecular weight excluding hydrogens is 240 g/mol. The van der Waals surface area contributed by atoms with Crippen molar-refractivity contribution in [2.24, 2.45) is 5.41 Å². The van der Waals surface area contributed by atoms with Gasteiger partial charge < -0.3 is 19.7 Å². The fourth-order valence-electron chi connectivity index (χ4n) is 2.78. The minimum Gasteiger partial charge on any atom is -0.381 e. The van der Waals surface area contributed by atoms with Crippen LogP contribution in [0.5, 0.6) is 0 Å². The summed E-state index contributed by atoms with van der Waals surface area (Å²) in [4.78, 5) is 2.51. The van der Waals surface area contributed by atoms with Gasteiger partial charge in [-0.2, -0.15) is 0 Å². The zero-order valence-corrected chi connectivity index (χ0v) is 12.6. The fraction of sp³-hybridized carbons (Fsp3) is 1.00. The number of rotatable bonds is 10. The van der Waals surface area contributed by atoms with Crippen molar-refractivity contribution in [2.45, 2.75) is 39.2 Å². The lowest BCUT2D eigenvalue weighted by molar-refractivity contribution is 0.0777. The summed E-state index contributed by atoms with van der Waals surface area (Å²) in [5, 5.41) is 3.70. The molecule has 1 aliphatic heterocycles. The van der Waals surface area contributed by atoms with Crippen molar-refractivity contribution in [3.63, 3.8) is 0 Å². The van der Waals surface area contributed by atoms with E-state index in [4.69, 9.17) is 9.47 Å². The number of hydrogen-bond donors (Lipinski definition) is 1. The highest BCUT2D eigenvalue weighted by molar-refractivity contribution is 4.92. The van der Waals surface area contributed by atoms with E-state index in [-0.39, 0.29) is 0 Å². The average Bonchev–Trinajstić information content (AvgIpc) is 3.15. The lowest BCUT2D eigenvalue weighted by atomic mass is 9.86. The highest BCUT2D eigenvalue weighted by Crippen LogP contribution is 2.30. The molecule has 0 amide bonds. The minimum absolute atomic E-state index is 0.324. The van der Waals surface area contributed by atoms with E-state index in [1.165, 1.54) is 19.3 Å². The van der Waals surface area contributed by atoms with E-state index in [1.807, 2.05) is 0 Å². The molecule has 1 saturated heterocycles. The number of ether oxygens (including phenoxy) is 2. The second-order valence-corrected chi connectivity index (χ2v) is 6.02. The molecule has 4 nitrogen and oxygen atoms in total. The normalized spacial score (nSPS) is 27.3. The van der Waals surface area contributed by atoms with Gasteiger partial charge in [-0.25, -0.2) is 0 Å². The summed E-state index contributed by atoms with van der Waals surface area (Å²) < 4.78 is 11.2. The highest BCUT2D eigenvalue weighted by atomic mass is 16.5. The molecule has 2 rings (SSSR count). The molecule has 112 valence electrons. The standard InChI is InChI=1S/C15H30N2O2/c1-3-17(8-10-18-4-2)12-15(7-9-19-13-15)11-16-14-5-6-14/h14,16H,3-13H2,1-2H3. The molecule has 4 heteroatoms. The Kier molecular flexibility index (Phi) is 6.07. The first-order valence-corrected chi connectivity index (χ1v) is 7.89. The first-order chi connectivity index (χ1) is 9.28. The van der Waals surface area contributed by atoms with Crippen LogP contribution in [0.2, 0.25) is 0 Å². The monoisotopic (exact) mass is 270 g/mol. The van der Waals surface area contributed by atoms with Gasteiger partial charge in [-0.05, 0) is 32.7 Å². The molecule has 1 aliphatic carbocycles. The molecule has 2 fully saturated rings. The predicted molar refractivity (Wildman–Crippen MR) is 77.5 cm³/mol. The van der Waals surface area contributed by atoms with Crippen LogP contribution < -0.4 is 5.32 Å². The van der Waals surface area contributed by atoms with Crippen LogP contribution in [0.3, 0.4) is 0 Å². The highest BCUT2D eigenvalue weighted by Gasteiger charge is 2.37. The third kappa shape index (κ3) is 5.03. The summed E-state index contributed by atoms with van der Waals surface area (Å²) in [7, 11) is 0. The summed E-state index contributed by atoms with van der Waals surface area (Å²) in [6.07, 6.45) is 3.91. The van der Waals surface area contributed by atoms with E-state index in [0.717, 1.165) is 58.6 Å². The Morgan fingerprint density at radius 3 is 2.79 bits per heavy atom. The molecule has 0 aromatic carbocycles. The van der Waals surface area contributed by atoms with Gasteiger partial charge in [0.1, 0.15) is 0 Å². The SMILES string of the molecule is CCOCCN(CC)CC1(CNC2CC2)CCOC1. The van der Waals surface area contributed by atoms with Crippen molar-refractivity contribution in [3.05, 3.63) is 0 Å². The van der Waals surface area contributed by atoms with Crippen molar-refractivity contribution in [3.8, 4) is 0 Å². The maximum absolute atomic E-state index is 5.69. The molecule has 19 heavy (non-hydrogen) atoms. The van der Waals surface area contributed by atoms with Gasteiger partial charge in [0.05, 0.1) is 13.2 Å². The Morgan fingerprint density at radius 1 is 1.37 bits per heavy atom. The van der Waals surface area contributed by atoms with E-state index in [9.17, 15) is 0 Å². The van der Waals surface area contributed by atoms with Crippen LogP contribution in [-0.2, 0) is 9.47 Å². The first-order valence-electron chi connectivity index (χ1n) is 7.89. The molecule has 0 aromatic rings. The number of nitrogens with zero attached hydrogens (tertiary/aromatic N) is 1. The lowest BCUT2D eigenvalue weighted by Crippen LogP contribution is -2.46. The Balaban J connectivity index is 1.78. The quantitative estimate of drug-likeness (QED) is 0.610. The van der Waals surface area contributed by atoms with Gasteiger partial charge in [0.2, 0.25) is 0 Å². The van der Waals surface area contributed by atoms with Crippen molar-refractivity contribution in [2.75, 3.05) is 52.6 Å². The average molecular weight is 270 g/mol. The Morgan fingerprint density at radius 2 is 2.21 bits per heavy atom. The van der Waals surface area contributed by atoms with Crippen LogP contribution in [0.4, 0.5) is 0 Å². The van der Waals surface area contributed by atoms with Gasteiger partial charge in [-0.3, -0.25) is 0 Å². The van der Waals surface area contributed by atoms with Crippen molar-refractivity contribution >= 4 is 0 Å². The molecule has 0 aromatic heterocycles. The Labute approximate surface area is 117 Å². The van der Waals surface area contributed by atoms with Crippen molar-refractivity contribution < 1.29 is 9.47 Å². The molecule has 1 atom stereocenters. The van der Waals surface area contributed by atoms with Crippen LogP contribution in [0.1, 0.15) is 33.1 Å². The van der Waals surface area contributed by atoms with Gasteiger partial charge in [0, 0.05) is 44.3 Å². The Hall–Kier alpha value is -0.160. The smallest absolute Gasteiger partial charge is 0.0593 e. The zero-order chi connectivity index (χ0) is 13.6. The van der Waals surface area contributed by atoms with E-state index >= 15 is 0 Å². The van der Waals surface area contributed by atoms with Gasteiger partial charge in [0.25, 0.3) is 0 Å². The third-order valence-electron chi connectivity index (χ3n) is 4.29. The molecule has 1 unspecified atom stereocenters. The molecular formula is C15H30N2O2. The molecule has 2 aliphatic rings. The second kappa shape index (κ2) is 7.58. The summed E-state index contributed by atoms with van der Waals surface area (Å²) in [5.41, 5.74) is 0.324. The number of nitrogens with one attached hydrogen (secondary N) is 1. The maximum Gasteiger partial charge on any atom is 0.0593 e. The van der Waals surface area contributed by atoms with Gasteiger partial charge in [0.15, 0.2) is 0 Å². The zero-order valence-electron chi connectivity index (χ0n) is 12.6. The van der Waals surface area contributed by atoms with Crippen molar-refractivity contribution in [1.29, 1.82) is 0 Å². The van der Waals surface area contributed by atoms with Gasteiger partial charge in [-0.1, -0.05) is 6.92 Å². The summed E-state index contributed by atoms with van der Waals surface area (Å²) in [5.74, 6) is 0. The van der Waals surface area contributed by atoms with Crippen molar-refractivity contribution in [1.82, 2.24) is 10.2 Å². The van der Waals surface area contributed by atoms with E-state index in [2.05, 4.69) is 24.1 Å². The van der Waals surface area contributed by atoms with Crippen LogP contribution in [0, 0.1) is 5.41 Å². The largest absolute Gasteiger partial charge is 0.381 e. The second-order valence-electron chi connectivity index (χ2n) is 6.02. The third-order valence-corrected chi connectivity index (χ3v) is 4.29. The van der Waals surface area contributed by atoms with Crippen LogP contribution >= 0.6 is 0 Å². The molecule has 1 heterocycles. The number of hydrogen-bond acceptors (Lipinski definition) is 4. The van der Waals surface area contributed by atoms with Crippen LogP contribution in [0.15, 0.2) is 0 Å². The first kappa shape index (κ1) is 15.2. The molecule has 1 N–H and O–H groups in total. The van der Waals surface area contributed by atoms with Gasteiger partial charge >= 0.3 is 0 Å². The fourth-order valence-corrected chi connectivity index (χ4v) is 2.78. The lowest BCUT2D eigenvalue weighted by Gasteiger charge is -2.34. The van der Waals surface area contributed by atoms with E-state index < -0.39 is 0 Å². The van der Waals surface area contributed by atoms with Crippen LogP contribution in [0.25, 0.3) is 0 Å². The van der Waals surface area contributed by atoms with Crippen LogP contribution in [-0.4, -0.2) is 63.5 Å². The maximum atomic E-state index is 5.69. The summed E-state index contributed by atoms with van der Waals surface area (Å²) >= 11 is 0. The summed E-state index contributed by atoms with van der Waals surface area (Å²) in [6.45, 7) is 12.2. The minimum atomic E-state index is 0.324. The summed E-state index contributed by atoms with van der Waals surface area (Å²) in [6, 6.07) is 0.788.